The summed E-state index contributed by atoms with van der Waals surface area (Å²) >= 11 is 0. The van der Waals surface area contributed by atoms with Gasteiger partial charge in [0, 0.05) is 17.9 Å². The molecule has 2 aromatic carbocycles. The molecular weight excluding hydrogens is 354 g/mol. The van der Waals surface area contributed by atoms with Gasteiger partial charge in [-0.25, -0.2) is 0 Å². The van der Waals surface area contributed by atoms with E-state index in [4.69, 9.17) is 14.2 Å². The van der Waals surface area contributed by atoms with E-state index < -0.39 is 0 Å². The van der Waals surface area contributed by atoms with Crippen molar-refractivity contribution in [2.24, 2.45) is 0 Å². The molecule has 1 N–H and O–H groups in total. The molecule has 1 amide bonds. The van der Waals surface area contributed by atoms with Crippen molar-refractivity contribution in [1.29, 1.82) is 0 Å². The van der Waals surface area contributed by atoms with Gasteiger partial charge in [-0.15, -0.1) is 0 Å². The minimum absolute atomic E-state index is 0.148. The molecule has 1 aliphatic heterocycles. The number of amides is 1. The van der Waals surface area contributed by atoms with Crippen LogP contribution in [0.2, 0.25) is 0 Å². The Balaban J connectivity index is 1.45. The molecule has 0 aliphatic carbocycles. The summed E-state index contributed by atoms with van der Waals surface area (Å²) in [6.07, 6.45) is 5.73. The number of anilines is 1. The summed E-state index contributed by atoms with van der Waals surface area (Å²) in [6.45, 7) is 4.27. The van der Waals surface area contributed by atoms with Crippen molar-refractivity contribution < 1.29 is 19.0 Å². The van der Waals surface area contributed by atoms with E-state index >= 15 is 0 Å². The van der Waals surface area contributed by atoms with Crippen molar-refractivity contribution >= 4 is 11.6 Å². The maximum atomic E-state index is 12.4. The van der Waals surface area contributed by atoms with E-state index in [9.17, 15) is 4.79 Å². The molecule has 1 atom stereocenters. The smallest absolute Gasteiger partial charge is 0.255 e. The van der Waals surface area contributed by atoms with E-state index in [-0.39, 0.29) is 12.0 Å². The van der Waals surface area contributed by atoms with E-state index in [1.54, 1.807) is 12.1 Å². The van der Waals surface area contributed by atoms with Crippen LogP contribution in [0.25, 0.3) is 0 Å². The molecule has 0 unspecified atom stereocenters. The van der Waals surface area contributed by atoms with Crippen LogP contribution in [0.1, 0.15) is 49.4 Å². The highest BCUT2D eigenvalue weighted by Gasteiger charge is 2.16. The lowest BCUT2D eigenvalue weighted by molar-refractivity contribution is 0.0679. The molecule has 0 spiro atoms. The Bertz CT molecular complexity index is 721. The zero-order valence-corrected chi connectivity index (χ0v) is 16.5. The van der Waals surface area contributed by atoms with Crippen LogP contribution in [0.3, 0.4) is 0 Å². The first kappa shape index (κ1) is 20.2. The quantitative estimate of drug-likeness (QED) is 0.582. The lowest BCUT2D eigenvalue weighted by atomic mass is 10.2. The van der Waals surface area contributed by atoms with E-state index in [1.165, 1.54) is 12.8 Å². The zero-order valence-electron chi connectivity index (χ0n) is 16.5. The highest BCUT2D eigenvalue weighted by atomic mass is 16.5. The fourth-order valence-corrected chi connectivity index (χ4v) is 3.05. The van der Waals surface area contributed by atoms with Crippen molar-refractivity contribution in [3.63, 3.8) is 0 Å². The van der Waals surface area contributed by atoms with Crippen LogP contribution in [0.4, 0.5) is 5.69 Å². The lowest BCUT2D eigenvalue weighted by Crippen LogP contribution is -2.16. The lowest BCUT2D eigenvalue weighted by Gasteiger charge is -2.12. The summed E-state index contributed by atoms with van der Waals surface area (Å²) < 4.78 is 17.0. The van der Waals surface area contributed by atoms with Gasteiger partial charge in [0.15, 0.2) is 0 Å². The third-order valence-corrected chi connectivity index (χ3v) is 4.71. The predicted molar refractivity (Wildman–Crippen MR) is 110 cm³/mol. The number of ether oxygens (including phenoxy) is 3. The number of benzene rings is 2. The topological polar surface area (TPSA) is 56.8 Å². The summed E-state index contributed by atoms with van der Waals surface area (Å²) in [5.74, 6) is 1.42. The van der Waals surface area contributed by atoms with Gasteiger partial charge in [-0.3, -0.25) is 4.79 Å². The van der Waals surface area contributed by atoms with Crippen LogP contribution in [0, 0.1) is 0 Å². The molecule has 3 rings (SSSR count). The van der Waals surface area contributed by atoms with Gasteiger partial charge in [0.05, 0.1) is 12.7 Å². The summed E-state index contributed by atoms with van der Waals surface area (Å²) in [5.41, 5.74) is 1.33. The van der Waals surface area contributed by atoms with Crippen molar-refractivity contribution in [3.8, 4) is 11.5 Å². The van der Waals surface area contributed by atoms with Gasteiger partial charge in [0.1, 0.15) is 18.1 Å². The van der Waals surface area contributed by atoms with E-state index in [0.717, 1.165) is 43.1 Å². The minimum atomic E-state index is -0.148. The number of carbonyl (C=O) groups is 1. The minimum Gasteiger partial charge on any atom is -0.494 e. The number of carbonyl (C=O) groups excluding carboxylic acids is 1. The second kappa shape index (κ2) is 10.7. The Morgan fingerprint density at radius 3 is 2.43 bits per heavy atom. The summed E-state index contributed by atoms with van der Waals surface area (Å²) in [6, 6.07) is 14.6. The molecule has 5 heteroatoms. The van der Waals surface area contributed by atoms with Crippen LogP contribution in [-0.2, 0) is 4.74 Å². The van der Waals surface area contributed by atoms with Gasteiger partial charge in [0.25, 0.3) is 5.91 Å². The highest BCUT2D eigenvalue weighted by Crippen LogP contribution is 2.19. The second-order valence-corrected chi connectivity index (χ2v) is 7.00. The molecule has 1 fully saturated rings. The molecule has 1 saturated heterocycles. The summed E-state index contributed by atoms with van der Waals surface area (Å²) in [4.78, 5) is 12.4. The maximum Gasteiger partial charge on any atom is 0.255 e. The van der Waals surface area contributed by atoms with Gasteiger partial charge in [0.2, 0.25) is 0 Å². The highest BCUT2D eigenvalue weighted by molar-refractivity contribution is 6.04. The average Bonchev–Trinajstić information content (AvgIpc) is 3.25. The third-order valence-electron chi connectivity index (χ3n) is 4.71. The normalized spacial score (nSPS) is 16.0. The standard InChI is InChI=1S/C23H29NO4/c1-2-3-4-15-26-20-11-7-18(8-12-20)23(25)24-19-9-13-21(14-10-19)28-17-22-6-5-16-27-22/h7-14,22H,2-6,15-17H2,1H3,(H,24,25)/t22-/m0/s1. The molecule has 28 heavy (non-hydrogen) atoms. The van der Waals surface area contributed by atoms with Gasteiger partial charge >= 0.3 is 0 Å². The summed E-state index contributed by atoms with van der Waals surface area (Å²) in [5, 5.41) is 2.90. The Morgan fingerprint density at radius 2 is 1.75 bits per heavy atom. The third kappa shape index (κ3) is 6.27. The monoisotopic (exact) mass is 383 g/mol. The molecule has 0 saturated carbocycles. The molecule has 1 aliphatic rings. The van der Waals surface area contributed by atoms with Gasteiger partial charge in [-0.1, -0.05) is 19.8 Å². The first-order valence-electron chi connectivity index (χ1n) is 10.1. The SMILES string of the molecule is CCCCCOc1ccc(C(=O)Nc2ccc(OC[C@@H]3CCCO3)cc2)cc1. The molecule has 0 aromatic heterocycles. The zero-order chi connectivity index (χ0) is 19.6. The van der Waals surface area contributed by atoms with E-state index in [0.29, 0.717) is 18.8 Å². The van der Waals surface area contributed by atoms with Crippen LogP contribution in [0.15, 0.2) is 48.5 Å². The summed E-state index contributed by atoms with van der Waals surface area (Å²) in [7, 11) is 0. The maximum absolute atomic E-state index is 12.4. The van der Waals surface area contributed by atoms with Crippen molar-refractivity contribution in [1.82, 2.24) is 0 Å². The van der Waals surface area contributed by atoms with Gasteiger partial charge in [-0.2, -0.15) is 0 Å². The molecule has 0 bridgehead atoms. The Labute approximate surface area is 167 Å². The molecule has 2 aromatic rings. The Morgan fingerprint density at radius 1 is 1.04 bits per heavy atom. The molecule has 0 radical (unpaired) electrons. The first-order chi connectivity index (χ1) is 13.7. The fraction of sp³-hybridized carbons (Fsp3) is 0.435. The Hall–Kier alpha value is -2.53. The van der Waals surface area contributed by atoms with Crippen molar-refractivity contribution in [3.05, 3.63) is 54.1 Å². The average molecular weight is 383 g/mol. The molecule has 150 valence electrons. The van der Waals surface area contributed by atoms with Crippen LogP contribution >= 0.6 is 0 Å². The first-order valence-corrected chi connectivity index (χ1v) is 10.1. The Kier molecular flexibility index (Phi) is 7.73. The molecule has 5 nitrogen and oxygen atoms in total. The van der Waals surface area contributed by atoms with E-state index in [1.807, 2.05) is 36.4 Å². The van der Waals surface area contributed by atoms with E-state index in [2.05, 4.69) is 12.2 Å². The number of hydrogen-bond donors (Lipinski definition) is 1. The largest absolute Gasteiger partial charge is 0.494 e. The number of rotatable bonds is 10. The number of nitrogens with one attached hydrogen (secondary N) is 1. The van der Waals surface area contributed by atoms with Crippen molar-refractivity contribution in [2.45, 2.75) is 45.1 Å². The molecular formula is C23H29NO4. The second-order valence-electron chi connectivity index (χ2n) is 7.00. The predicted octanol–water partition coefficient (Wildman–Crippen LogP) is 5.07. The van der Waals surface area contributed by atoms with Crippen LogP contribution < -0.4 is 14.8 Å². The van der Waals surface area contributed by atoms with Gasteiger partial charge in [-0.05, 0) is 67.8 Å². The van der Waals surface area contributed by atoms with Gasteiger partial charge < -0.3 is 19.5 Å². The molecule has 1 heterocycles. The van der Waals surface area contributed by atoms with Crippen molar-refractivity contribution in [2.75, 3.05) is 25.1 Å². The number of hydrogen-bond acceptors (Lipinski definition) is 4. The number of unbranched alkanes of at least 4 members (excludes halogenated alkanes) is 2. The fourth-order valence-electron chi connectivity index (χ4n) is 3.05. The van der Waals surface area contributed by atoms with Crippen LogP contribution in [0.5, 0.6) is 11.5 Å². The van der Waals surface area contributed by atoms with Crippen LogP contribution in [-0.4, -0.2) is 31.8 Å².